The molecule has 0 heterocycles. The third kappa shape index (κ3) is 4.26. The van der Waals surface area contributed by atoms with Crippen molar-refractivity contribution in [3.63, 3.8) is 0 Å². The zero-order chi connectivity index (χ0) is 15.3. The van der Waals surface area contributed by atoms with Crippen molar-refractivity contribution in [2.45, 2.75) is 32.3 Å². The molecule has 0 aliphatic rings. The first-order valence-corrected chi connectivity index (χ1v) is 8.45. The van der Waals surface area contributed by atoms with Gasteiger partial charge in [0.1, 0.15) is 4.99 Å². The van der Waals surface area contributed by atoms with Gasteiger partial charge in [-0.05, 0) is 43.7 Å². The lowest BCUT2D eigenvalue weighted by molar-refractivity contribution is 0.554. The summed E-state index contributed by atoms with van der Waals surface area (Å²) in [5, 5.41) is 7.28. The van der Waals surface area contributed by atoms with Crippen LogP contribution < -0.4 is 10.6 Å². The molecule has 1 atom stereocenters. The van der Waals surface area contributed by atoms with Crippen LogP contribution >= 0.6 is 11.8 Å². The summed E-state index contributed by atoms with van der Waals surface area (Å²) in [7, 11) is 0. The number of aryl methyl sites for hydroxylation is 2. The second-order valence-electron chi connectivity index (χ2n) is 5.47. The highest BCUT2D eigenvalue weighted by Gasteiger charge is 2.23. The van der Waals surface area contributed by atoms with Crippen LogP contribution in [-0.2, 0) is 6.54 Å². The maximum atomic E-state index is 3.66. The van der Waals surface area contributed by atoms with Gasteiger partial charge >= 0.3 is 0 Å². The van der Waals surface area contributed by atoms with E-state index in [0.717, 1.165) is 6.54 Å². The Bertz CT molecular complexity index is 563. The third-order valence-corrected chi connectivity index (χ3v) is 4.79. The summed E-state index contributed by atoms with van der Waals surface area (Å²) in [6, 6.07) is 16.9. The Hall–Kier alpha value is -1.45. The van der Waals surface area contributed by atoms with E-state index in [-0.39, 0.29) is 4.99 Å². The van der Waals surface area contributed by atoms with Crippen molar-refractivity contribution < 1.29 is 0 Å². The van der Waals surface area contributed by atoms with Gasteiger partial charge in [0.05, 0.1) is 0 Å². The van der Waals surface area contributed by atoms with Gasteiger partial charge < -0.3 is 5.32 Å². The number of rotatable bonds is 6. The van der Waals surface area contributed by atoms with Gasteiger partial charge in [-0.1, -0.05) is 48.5 Å². The van der Waals surface area contributed by atoms with Crippen LogP contribution in [-0.4, -0.2) is 11.3 Å². The molecular formula is C18H24N2S. The van der Waals surface area contributed by atoms with E-state index >= 15 is 0 Å². The average molecular weight is 300 g/mol. The predicted octanol–water partition coefficient (Wildman–Crippen LogP) is 4.54. The summed E-state index contributed by atoms with van der Waals surface area (Å²) < 4.78 is 0. The molecule has 2 N–H and O–H groups in total. The van der Waals surface area contributed by atoms with E-state index in [1.807, 2.05) is 6.07 Å². The van der Waals surface area contributed by atoms with E-state index in [9.17, 15) is 0 Å². The number of thioether (sulfide) groups is 1. The van der Waals surface area contributed by atoms with E-state index < -0.39 is 0 Å². The van der Waals surface area contributed by atoms with Gasteiger partial charge in [-0.15, -0.1) is 11.8 Å². The second kappa shape index (κ2) is 7.01. The van der Waals surface area contributed by atoms with Gasteiger partial charge in [0.2, 0.25) is 0 Å². The van der Waals surface area contributed by atoms with E-state index in [0.29, 0.717) is 0 Å². The first kappa shape index (κ1) is 15.9. The molecule has 2 nitrogen and oxygen atoms in total. The van der Waals surface area contributed by atoms with E-state index in [1.54, 1.807) is 11.8 Å². The number of benzene rings is 2. The molecule has 112 valence electrons. The molecule has 0 saturated carbocycles. The Morgan fingerprint density at radius 3 is 2.14 bits per heavy atom. The molecule has 2 aromatic rings. The zero-order valence-corrected chi connectivity index (χ0v) is 14.1. The molecule has 0 amide bonds. The molecule has 2 rings (SSSR count). The second-order valence-corrected chi connectivity index (χ2v) is 6.69. The Labute approximate surface area is 132 Å². The van der Waals surface area contributed by atoms with Gasteiger partial charge in [-0.2, -0.15) is 0 Å². The smallest absolute Gasteiger partial charge is 0.134 e. The summed E-state index contributed by atoms with van der Waals surface area (Å²) in [6.07, 6.45) is 2.12. The van der Waals surface area contributed by atoms with Crippen LogP contribution in [0.5, 0.6) is 0 Å². The van der Waals surface area contributed by atoms with Gasteiger partial charge in [0, 0.05) is 12.2 Å². The number of nitrogens with one attached hydrogen (secondary N) is 2. The number of para-hydroxylation sites is 1. The van der Waals surface area contributed by atoms with Crippen LogP contribution in [0.15, 0.2) is 48.5 Å². The summed E-state index contributed by atoms with van der Waals surface area (Å²) in [4.78, 5) is -0.202. The predicted molar refractivity (Wildman–Crippen MR) is 94.7 cm³/mol. The minimum atomic E-state index is -0.202. The number of anilines is 1. The minimum absolute atomic E-state index is 0.202. The highest BCUT2D eigenvalue weighted by atomic mass is 32.2. The molecule has 1 unspecified atom stereocenters. The molecular weight excluding hydrogens is 276 g/mol. The van der Waals surface area contributed by atoms with Gasteiger partial charge in [-0.25, -0.2) is 0 Å². The van der Waals surface area contributed by atoms with E-state index in [4.69, 9.17) is 0 Å². The quantitative estimate of drug-likeness (QED) is 0.766. The van der Waals surface area contributed by atoms with Gasteiger partial charge in [0.15, 0.2) is 0 Å². The van der Waals surface area contributed by atoms with Crippen molar-refractivity contribution in [2.24, 2.45) is 0 Å². The van der Waals surface area contributed by atoms with Crippen LogP contribution in [0, 0.1) is 13.8 Å². The minimum Gasteiger partial charge on any atom is -0.359 e. The van der Waals surface area contributed by atoms with Crippen molar-refractivity contribution in [3.05, 3.63) is 65.2 Å². The van der Waals surface area contributed by atoms with Crippen molar-refractivity contribution >= 4 is 17.4 Å². The monoisotopic (exact) mass is 300 g/mol. The van der Waals surface area contributed by atoms with Gasteiger partial charge in [0.25, 0.3) is 0 Å². The lowest BCUT2D eigenvalue weighted by Gasteiger charge is -2.33. The lowest BCUT2D eigenvalue weighted by Crippen LogP contribution is -2.46. The first-order valence-electron chi connectivity index (χ1n) is 7.22. The van der Waals surface area contributed by atoms with Crippen LogP contribution in [0.1, 0.15) is 23.6 Å². The van der Waals surface area contributed by atoms with Gasteiger partial charge in [-0.3, -0.25) is 5.32 Å². The zero-order valence-electron chi connectivity index (χ0n) is 13.2. The molecule has 2 aromatic carbocycles. The molecule has 0 aliphatic carbocycles. The number of hydrogen-bond acceptors (Lipinski definition) is 3. The SMILES string of the molecule is CSC(C)(NCc1ccccc1)Nc1c(C)cccc1C. The Balaban J connectivity index is 2.10. The van der Waals surface area contributed by atoms with Crippen LogP contribution in [0.25, 0.3) is 0 Å². The van der Waals surface area contributed by atoms with Crippen LogP contribution in [0.3, 0.4) is 0 Å². The molecule has 0 spiro atoms. The summed E-state index contributed by atoms with van der Waals surface area (Å²) in [5.74, 6) is 0. The summed E-state index contributed by atoms with van der Waals surface area (Å²) >= 11 is 1.78. The maximum Gasteiger partial charge on any atom is 0.134 e. The fraction of sp³-hybridized carbons (Fsp3) is 0.333. The summed E-state index contributed by atoms with van der Waals surface area (Å²) in [6.45, 7) is 7.32. The largest absolute Gasteiger partial charge is 0.359 e. The topological polar surface area (TPSA) is 24.1 Å². The third-order valence-electron chi connectivity index (χ3n) is 3.73. The summed E-state index contributed by atoms with van der Waals surface area (Å²) in [5.41, 5.74) is 5.06. The van der Waals surface area contributed by atoms with Crippen LogP contribution in [0.4, 0.5) is 5.69 Å². The highest BCUT2D eigenvalue weighted by molar-refractivity contribution is 8.00. The fourth-order valence-electron chi connectivity index (χ4n) is 2.28. The first-order chi connectivity index (χ1) is 10.0. The average Bonchev–Trinajstić information content (AvgIpc) is 2.50. The Kier molecular flexibility index (Phi) is 5.32. The van der Waals surface area contributed by atoms with Crippen LogP contribution in [0.2, 0.25) is 0 Å². The molecule has 3 heteroatoms. The molecule has 21 heavy (non-hydrogen) atoms. The normalized spacial score (nSPS) is 13.7. The standard InChI is InChI=1S/C18H24N2S/c1-14-9-8-10-15(2)17(14)20-18(3,21-4)19-13-16-11-6-5-7-12-16/h5-12,19-20H,13H2,1-4H3. The molecule has 0 radical (unpaired) electrons. The fourth-order valence-corrected chi connectivity index (χ4v) is 2.70. The van der Waals surface area contributed by atoms with E-state index in [1.165, 1.54) is 22.4 Å². The highest BCUT2D eigenvalue weighted by Crippen LogP contribution is 2.27. The molecule has 0 bridgehead atoms. The van der Waals surface area contributed by atoms with Crippen molar-refractivity contribution in [1.82, 2.24) is 5.32 Å². The van der Waals surface area contributed by atoms with E-state index in [2.05, 4.69) is 80.1 Å². The number of hydrogen-bond donors (Lipinski definition) is 2. The van der Waals surface area contributed by atoms with Crippen molar-refractivity contribution in [3.8, 4) is 0 Å². The molecule has 0 aromatic heterocycles. The lowest BCUT2D eigenvalue weighted by atomic mass is 10.1. The maximum absolute atomic E-state index is 3.66. The Morgan fingerprint density at radius 1 is 0.952 bits per heavy atom. The molecule has 0 saturated heterocycles. The Morgan fingerprint density at radius 2 is 1.57 bits per heavy atom. The molecule has 0 aliphatic heterocycles. The van der Waals surface area contributed by atoms with Crippen molar-refractivity contribution in [2.75, 3.05) is 11.6 Å². The van der Waals surface area contributed by atoms with Crippen molar-refractivity contribution in [1.29, 1.82) is 0 Å². The molecule has 0 fully saturated rings.